The number of rotatable bonds is 4. The molecular weight excluding hydrogens is 262 g/mol. The van der Waals surface area contributed by atoms with Crippen LogP contribution in [0, 0.1) is 0 Å². The maximum Gasteiger partial charge on any atom is 0.124 e. The van der Waals surface area contributed by atoms with Crippen LogP contribution in [0.5, 0.6) is 5.75 Å². The number of hydrogen-bond acceptors (Lipinski definition) is 3. The number of nitrogens with two attached hydrogens (primary N) is 1. The van der Waals surface area contributed by atoms with Crippen LogP contribution in [0.25, 0.3) is 10.8 Å². The van der Waals surface area contributed by atoms with Crippen molar-refractivity contribution in [3.8, 4) is 5.75 Å². The van der Waals surface area contributed by atoms with Crippen molar-refractivity contribution in [2.45, 2.75) is 26.0 Å². The Balaban J connectivity index is 0.00000180. The molecule has 0 spiro atoms. The summed E-state index contributed by atoms with van der Waals surface area (Å²) in [7, 11) is 0. The zero-order chi connectivity index (χ0) is 13.1. The van der Waals surface area contributed by atoms with Gasteiger partial charge in [-0.15, -0.1) is 12.4 Å². The lowest BCUT2D eigenvalue weighted by atomic mass is 9.95. The van der Waals surface area contributed by atoms with Crippen molar-refractivity contribution in [3.63, 3.8) is 0 Å². The van der Waals surface area contributed by atoms with E-state index < -0.39 is 12.1 Å². The highest BCUT2D eigenvalue weighted by atomic mass is 35.5. The number of aliphatic hydroxyl groups excluding tert-OH is 1. The van der Waals surface area contributed by atoms with Crippen molar-refractivity contribution in [1.82, 2.24) is 0 Å². The lowest BCUT2D eigenvalue weighted by Gasteiger charge is -2.21. The molecule has 0 aliphatic carbocycles. The minimum atomic E-state index is -0.616. The standard InChI is InChI=1S/C15H19NO2.ClH/c1-3-18-13-9-8-11-6-4-5-7-12(11)14(13)15(16)10(2)17;/h4-10,15,17H,3,16H2,1-2H3;1H/t10-,15-;/m0./s1. The van der Waals surface area contributed by atoms with Crippen molar-refractivity contribution in [2.24, 2.45) is 5.73 Å². The fourth-order valence-corrected chi connectivity index (χ4v) is 2.14. The van der Waals surface area contributed by atoms with Crippen LogP contribution in [0.1, 0.15) is 25.5 Å². The van der Waals surface area contributed by atoms with Crippen LogP contribution in [0.3, 0.4) is 0 Å². The molecule has 0 radical (unpaired) electrons. The molecule has 0 saturated carbocycles. The third-order valence-corrected chi connectivity index (χ3v) is 3.08. The molecule has 0 bridgehead atoms. The average molecular weight is 282 g/mol. The van der Waals surface area contributed by atoms with Gasteiger partial charge in [-0.3, -0.25) is 0 Å². The maximum absolute atomic E-state index is 9.75. The van der Waals surface area contributed by atoms with Crippen molar-refractivity contribution in [1.29, 1.82) is 0 Å². The normalized spacial score (nSPS) is 13.7. The first kappa shape index (κ1) is 15.8. The van der Waals surface area contributed by atoms with Crippen molar-refractivity contribution in [2.75, 3.05) is 6.61 Å². The Morgan fingerprint density at radius 1 is 1.21 bits per heavy atom. The van der Waals surface area contributed by atoms with Gasteiger partial charge in [-0.05, 0) is 30.7 Å². The van der Waals surface area contributed by atoms with Gasteiger partial charge in [-0.2, -0.15) is 0 Å². The summed E-state index contributed by atoms with van der Waals surface area (Å²) in [5, 5.41) is 11.9. The van der Waals surface area contributed by atoms with E-state index in [-0.39, 0.29) is 12.4 Å². The topological polar surface area (TPSA) is 55.5 Å². The number of halogens is 1. The molecule has 0 amide bonds. The summed E-state index contributed by atoms with van der Waals surface area (Å²) >= 11 is 0. The van der Waals surface area contributed by atoms with Crippen molar-refractivity contribution in [3.05, 3.63) is 42.0 Å². The van der Waals surface area contributed by atoms with Crippen LogP contribution in [0.15, 0.2) is 36.4 Å². The highest BCUT2D eigenvalue weighted by Crippen LogP contribution is 2.33. The summed E-state index contributed by atoms with van der Waals surface area (Å²) in [5.41, 5.74) is 6.98. The molecular formula is C15H20ClNO2. The Morgan fingerprint density at radius 2 is 1.89 bits per heavy atom. The molecule has 0 aromatic heterocycles. The van der Waals surface area contributed by atoms with Crippen LogP contribution >= 0.6 is 12.4 Å². The number of hydrogen-bond donors (Lipinski definition) is 2. The first-order valence-electron chi connectivity index (χ1n) is 6.23. The third-order valence-electron chi connectivity index (χ3n) is 3.08. The van der Waals surface area contributed by atoms with Crippen LogP contribution in [0.2, 0.25) is 0 Å². The van der Waals surface area contributed by atoms with E-state index in [1.165, 1.54) is 0 Å². The second-order valence-electron chi connectivity index (χ2n) is 4.40. The number of ether oxygens (including phenoxy) is 1. The smallest absolute Gasteiger partial charge is 0.124 e. The molecule has 3 nitrogen and oxygen atoms in total. The van der Waals surface area contributed by atoms with Crippen LogP contribution in [0.4, 0.5) is 0 Å². The van der Waals surface area contributed by atoms with Gasteiger partial charge in [0.05, 0.1) is 18.8 Å². The molecule has 0 unspecified atom stereocenters. The lowest BCUT2D eigenvalue weighted by Crippen LogP contribution is -2.24. The van der Waals surface area contributed by atoms with Crippen LogP contribution in [-0.4, -0.2) is 17.8 Å². The van der Waals surface area contributed by atoms with Gasteiger partial charge in [0.25, 0.3) is 0 Å². The van der Waals surface area contributed by atoms with E-state index >= 15 is 0 Å². The Kier molecular flexibility index (Phi) is 5.60. The first-order chi connectivity index (χ1) is 8.65. The number of benzene rings is 2. The van der Waals surface area contributed by atoms with E-state index in [1.807, 2.05) is 43.3 Å². The largest absolute Gasteiger partial charge is 0.494 e. The van der Waals surface area contributed by atoms with Gasteiger partial charge in [-0.1, -0.05) is 30.3 Å². The molecule has 0 heterocycles. The minimum absolute atomic E-state index is 0. The molecule has 2 aromatic carbocycles. The molecule has 104 valence electrons. The summed E-state index contributed by atoms with van der Waals surface area (Å²) in [4.78, 5) is 0. The van der Waals surface area contributed by atoms with E-state index in [4.69, 9.17) is 10.5 Å². The molecule has 2 atom stereocenters. The van der Waals surface area contributed by atoms with Crippen LogP contribution in [-0.2, 0) is 0 Å². The Hall–Kier alpha value is -1.29. The summed E-state index contributed by atoms with van der Waals surface area (Å²) in [5.74, 6) is 0.754. The monoisotopic (exact) mass is 281 g/mol. The van der Waals surface area contributed by atoms with Crippen molar-refractivity contribution >= 4 is 23.2 Å². The van der Waals surface area contributed by atoms with E-state index in [9.17, 15) is 5.11 Å². The molecule has 2 rings (SSSR count). The zero-order valence-electron chi connectivity index (χ0n) is 11.2. The van der Waals surface area contributed by atoms with Crippen LogP contribution < -0.4 is 10.5 Å². The number of fused-ring (bicyclic) bond motifs is 1. The molecule has 0 aliphatic heterocycles. The summed E-state index contributed by atoms with van der Waals surface area (Å²) < 4.78 is 5.63. The zero-order valence-corrected chi connectivity index (χ0v) is 12.0. The summed E-state index contributed by atoms with van der Waals surface area (Å²) in [6, 6.07) is 11.5. The van der Waals surface area contributed by atoms with Gasteiger partial charge in [0, 0.05) is 5.56 Å². The predicted octanol–water partition coefficient (Wildman–Crippen LogP) is 3.04. The van der Waals surface area contributed by atoms with Gasteiger partial charge in [0.2, 0.25) is 0 Å². The quantitative estimate of drug-likeness (QED) is 0.906. The molecule has 0 aliphatic rings. The van der Waals surface area contributed by atoms with E-state index in [0.29, 0.717) is 6.61 Å². The lowest BCUT2D eigenvalue weighted by molar-refractivity contribution is 0.162. The van der Waals surface area contributed by atoms with Gasteiger partial charge < -0.3 is 15.6 Å². The van der Waals surface area contributed by atoms with Gasteiger partial charge in [0.1, 0.15) is 5.75 Å². The second-order valence-corrected chi connectivity index (χ2v) is 4.40. The SMILES string of the molecule is CCOc1ccc2ccccc2c1[C@@H](N)[C@H](C)O.Cl. The van der Waals surface area contributed by atoms with Gasteiger partial charge >= 0.3 is 0 Å². The fraction of sp³-hybridized carbons (Fsp3) is 0.333. The van der Waals surface area contributed by atoms with E-state index in [1.54, 1.807) is 6.92 Å². The summed E-state index contributed by atoms with van der Waals surface area (Å²) in [6.45, 7) is 4.22. The molecule has 0 fully saturated rings. The Morgan fingerprint density at radius 3 is 2.53 bits per heavy atom. The molecule has 2 aromatic rings. The molecule has 0 saturated heterocycles. The highest BCUT2D eigenvalue weighted by molar-refractivity contribution is 5.88. The van der Waals surface area contributed by atoms with E-state index in [0.717, 1.165) is 22.1 Å². The average Bonchev–Trinajstić information content (AvgIpc) is 2.38. The first-order valence-corrected chi connectivity index (χ1v) is 6.23. The fourth-order valence-electron chi connectivity index (χ4n) is 2.14. The molecule has 3 N–H and O–H groups in total. The Labute approximate surface area is 119 Å². The number of aliphatic hydroxyl groups is 1. The second kappa shape index (κ2) is 6.75. The summed E-state index contributed by atoms with van der Waals surface area (Å²) in [6.07, 6.45) is -0.616. The van der Waals surface area contributed by atoms with Gasteiger partial charge in [-0.25, -0.2) is 0 Å². The predicted molar refractivity (Wildman–Crippen MR) is 81.0 cm³/mol. The van der Waals surface area contributed by atoms with Crippen molar-refractivity contribution < 1.29 is 9.84 Å². The Bertz CT molecular complexity index is 543. The van der Waals surface area contributed by atoms with Gasteiger partial charge in [0.15, 0.2) is 0 Å². The molecule has 4 heteroatoms. The third kappa shape index (κ3) is 3.18. The molecule has 19 heavy (non-hydrogen) atoms. The minimum Gasteiger partial charge on any atom is -0.494 e. The van der Waals surface area contributed by atoms with E-state index in [2.05, 4.69) is 0 Å². The maximum atomic E-state index is 9.75. The highest BCUT2D eigenvalue weighted by Gasteiger charge is 2.19.